The lowest BCUT2D eigenvalue weighted by molar-refractivity contribution is 1.14. The Morgan fingerprint density at radius 1 is 1.75 bits per heavy atom. The quantitative estimate of drug-likeness (QED) is 0.522. The molecule has 0 aromatic carbocycles. The number of hydrogen-bond acceptors (Lipinski definition) is 2. The third-order valence-electron chi connectivity index (χ3n) is 0.830. The Bertz CT molecular complexity index is 103. The van der Waals surface area contributed by atoms with Crippen molar-refractivity contribution in [1.29, 1.82) is 0 Å². The molecule has 0 amide bonds. The number of hydrogen-bond donors (Lipinski definition) is 1. The number of nitrogens with two attached hydrogens (primary N) is 1. The van der Waals surface area contributed by atoms with Gasteiger partial charge in [0.05, 0.1) is 0 Å². The van der Waals surface area contributed by atoms with Gasteiger partial charge >= 0.3 is 0 Å². The molecule has 8 heavy (non-hydrogen) atoms. The number of allylic oxidation sites excluding steroid dienone is 1. The largest absolute Gasteiger partial charge is 0.327 e. The Morgan fingerprint density at radius 2 is 2.38 bits per heavy atom. The summed E-state index contributed by atoms with van der Waals surface area (Å²) in [7, 11) is 1.74. The summed E-state index contributed by atoms with van der Waals surface area (Å²) < 4.78 is 0. The van der Waals surface area contributed by atoms with E-state index in [2.05, 4.69) is 4.99 Å². The summed E-state index contributed by atoms with van der Waals surface area (Å²) in [4.78, 5) is 3.77. The van der Waals surface area contributed by atoms with Gasteiger partial charge in [0.1, 0.15) is 0 Å². The van der Waals surface area contributed by atoms with Crippen molar-refractivity contribution >= 4 is 6.21 Å². The molecule has 0 atom stereocenters. The van der Waals surface area contributed by atoms with Gasteiger partial charge in [0, 0.05) is 19.8 Å². The van der Waals surface area contributed by atoms with Crippen molar-refractivity contribution < 1.29 is 0 Å². The predicted octanol–water partition coefficient (Wildman–Crippen LogP) is 0.592. The first-order valence-corrected chi connectivity index (χ1v) is 2.59. The molecule has 2 N–H and O–H groups in total. The fraction of sp³-hybridized carbons (Fsp3) is 0.500. The molecule has 0 rings (SSSR count). The van der Waals surface area contributed by atoms with Crippen LogP contribution in [0.5, 0.6) is 0 Å². The van der Waals surface area contributed by atoms with E-state index in [0.29, 0.717) is 6.54 Å². The molecule has 0 fully saturated rings. The topological polar surface area (TPSA) is 38.4 Å². The smallest absolute Gasteiger partial charge is 0.0277 e. The van der Waals surface area contributed by atoms with Crippen LogP contribution >= 0.6 is 0 Å². The molecule has 0 aliphatic rings. The molecule has 46 valence electrons. The maximum atomic E-state index is 5.28. The van der Waals surface area contributed by atoms with Crippen molar-refractivity contribution in [3.63, 3.8) is 0 Å². The molecule has 0 radical (unpaired) electrons. The summed E-state index contributed by atoms with van der Waals surface area (Å²) in [6.45, 7) is 2.59. The minimum atomic E-state index is 0.617. The van der Waals surface area contributed by atoms with Crippen LogP contribution in [0.1, 0.15) is 6.92 Å². The Labute approximate surface area is 50.1 Å². The summed E-state index contributed by atoms with van der Waals surface area (Å²) in [5, 5.41) is 0. The van der Waals surface area contributed by atoms with E-state index in [4.69, 9.17) is 5.73 Å². The summed E-state index contributed by atoms with van der Waals surface area (Å²) >= 11 is 0. The first-order chi connectivity index (χ1) is 3.81. The zero-order valence-electron chi connectivity index (χ0n) is 5.39. The highest BCUT2D eigenvalue weighted by atomic mass is 14.6. The van der Waals surface area contributed by atoms with E-state index < -0.39 is 0 Å². The Balaban J connectivity index is 3.57. The second-order valence-electron chi connectivity index (χ2n) is 1.62. The lowest BCUT2D eigenvalue weighted by Crippen LogP contribution is -1.99. The molecule has 2 nitrogen and oxygen atoms in total. The van der Waals surface area contributed by atoms with Crippen LogP contribution in [-0.4, -0.2) is 19.8 Å². The van der Waals surface area contributed by atoms with Gasteiger partial charge in [-0.25, -0.2) is 0 Å². The number of aliphatic imine (C=N–C) groups is 1. The van der Waals surface area contributed by atoms with Crippen LogP contribution in [0.4, 0.5) is 0 Å². The van der Waals surface area contributed by atoms with Gasteiger partial charge in [-0.3, -0.25) is 4.99 Å². The van der Waals surface area contributed by atoms with Crippen molar-refractivity contribution in [2.45, 2.75) is 6.92 Å². The molecule has 0 spiro atoms. The average Bonchev–Trinajstić information content (AvgIpc) is 1.83. The normalized spacial score (nSPS) is 13.1. The predicted molar refractivity (Wildman–Crippen MR) is 37.2 cm³/mol. The fourth-order valence-electron chi connectivity index (χ4n) is 0.270. The van der Waals surface area contributed by atoms with Crippen molar-refractivity contribution in [2.24, 2.45) is 10.7 Å². The van der Waals surface area contributed by atoms with Crippen molar-refractivity contribution in [1.82, 2.24) is 0 Å². The molecule has 0 saturated heterocycles. The number of rotatable bonds is 2. The molecular formula is C6H12N2. The Kier molecular flexibility index (Phi) is 4.17. The second-order valence-corrected chi connectivity index (χ2v) is 1.62. The van der Waals surface area contributed by atoms with E-state index in [-0.39, 0.29) is 0 Å². The van der Waals surface area contributed by atoms with E-state index >= 15 is 0 Å². The molecule has 0 aliphatic heterocycles. The highest BCUT2D eigenvalue weighted by Crippen LogP contribution is 1.82. The van der Waals surface area contributed by atoms with Crippen LogP contribution in [0.25, 0.3) is 0 Å². The molecular weight excluding hydrogens is 100 g/mol. The van der Waals surface area contributed by atoms with Gasteiger partial charge in [-0.2, -0.15) is 0 Å². The Hall–Kier alpha value is -0.630. The monoisotopic (exact) mass is 112 g/mol. The standard InChI is InChI=1S/C6H12N2/c1-6(5-7)3-4-8-2/h3-4H,5,7H2,1-2H3/b6-3+,8-4?. The molecule has 0 heterocycles. The highest BCUT2D eigenvalue weighted by molar-refractivity contribution is 5.71. The van der Waals surface area contributed by atoms with Gasteiger partial charge in [0.2, 0.25) is 0 Å². The molecule has 0 unspecified atom stereocenters. The zero-order chi connectivity index (χ0) is 6.41. The molecule has 0 bridgehead atoms. The summed E-state index contributed by atoms with van der Waals surface area (Å²) in [6, 6.07) is 0. The summed E-state index contributed by atoms with van der Waals surface area (Å²) in [5.74, 6) is 0. The van der Waals surface area contributed by atoms with Gasteiger partial charge in [-0.15, -0.1) is 0 Å². The van der Waals surface area contributed by atoms with Crippen LogP contribution in [0.15, 0.2) is 16.6 Å². The van der Waals surface area contributed by atoms with Gasteiger partial charge in [0.15, 0.2) is 0 Å². The lowest BCUT2D eigenvalue weighted by Gasteiger charge is -1.87. The van der Waals surface area contributed by atoms with Crippen LogP contribution in [0.2, 0.25) is 0 Å². The van der Waals surface area contributed by atoms with E-state index in [1.54, 1.807) is 13.3 Å². The SMILES string of the molecule is CN=C/C=C(\C)CN. The minimum absolute atomic E-state index is 0.617. The van der Waals surface area contributed by atoms with Crippen LogP contribution in [0, 0.1) is 0 Å². The second kappa shape index (κ2) is 4.53. The van der Waals surface area contributed by atoms with Gasteiger partial charge < -0.3 is 5.73 Å². The molecule has 0 aromatic rings. The fourth-order valence-corrected chi connectivity index (χ4v) is 0.270. The number of nitrogens with zero attached hydrogens (tertiary/aromatic N) is 1. The third-order valence-corrected chi connectivity index (χ3v) is 0.830. The molecule has 0 saturated carbocycles. The maximum Gasteiger partial charge on any atom is 0.0277 e. The third kappa shape index (κ3) is 3.56. The zero-order valence-corrected chi connectivity index (χ0v) is 5.39. The molecule has 0 aromatic heterocycles. The van der Waals surface area contributed by atoms with Crippen molar-refractivity contribution in [3.05, 3.63) is 11.6 Å². The van der Waals surface area contributed by atoms with Gasteiger partial charge in [-0.05, 0) is 13.0 Å². The van der Waals surface area contributed by atoms with E-state index in [0.717, 1.165) is 5.57 Å². The minimum Gasteiger partial charge on any atom is -0.327 e. The van der Waals surface area contributed by atoms with Crippen molar-refractivity contribution in [2.75, 3.05) is 13.6 Å². The first-order valence-electron chi connectivity index (χ1n) is 2.59. The molecule has 0 aliphatic carbocycles. The van der Waals surface area contributed by atoms with Crippen molar-refractivity contribution in [3.8, 4) is 0 Å². The van der Waals surface area contributed by atoms with E-state index in [9.17, 15) is 0 Å². The Morgan fingerprint density at radius 3 is 2.75 bits per heavy atom. The van der Waals surface area contributed by atoms with Gasteiger partial charge in [0.25, 0.3) is 0 Å². The summed E-state index contributed by atoms with van der Waals surface area (Å²) in [6.07, 6.45) is 3.64. The maximum absolute atomic E-state index is 5.28. The average molecular weight is 112 g/mol. The summed E-state index contributed by atoms with van der Waals surface area (Å²) in [5.41, 5.74) is 6.43. The molecule has 2 heteroatoms. The highest BCUT2D eigenvalue weighted by Gasteiger charge is 1.76. The van der Waals surface area contributed by atoms with E-state index in [1.807, 2.05) is 13.0 Å². The van der Waals surface area contributed by atoms with Crippen LogP contribution in [-0.2, 0) is 0 Å². The van der Waals surface area contributed by atoms with Crippen LogP contribution < -0.4 is 5.73 Å². The lowest BCUT2D eigenvalue weighted by atomic mass is 10.3. The van der Waals surface area contributed by atoms with Gasteiger partial charge in [-0.1, -0.05) is 5.57 Å². The van der Waals surface area contributed by atoms with E-state index in [1.165, 1.54) is 0 Å². The first kappa shape index (κ1) is 7.37. The van der Waals surface area contributed by atoms with Crippen LogP contribution in [0.3, 0.4) is 0 Å².